The predicted octanol–water partition coefficient (Wildman–Crippen LogP) is 4.05. The van der Waals surface area contributed by atoms with Gasteiger partial charge in [0.05, 0.1) is 12.1 Å². The van der Waals surface area contributed by atoms with Gasteiger partial charge in [-0.1, -0.05) is 24.3 Å². The molecule has 0 amide bonds. The Bertz CT molecular complexity index is 703. The summed E-state index contributed by atoms with van der Waals surface area (Å²) >= 11 is 1.76. The molecule has 4 heteroatoms. The van der Waals surface area contributed by atoms with Crippen LogP contribution in [0.4, 0.5) is 5.69 Å². The molecule has 2 aromatic carbocycles. The molecule has 1 aromatic heterocycles. The van der Waals surface area contributed by atoms with Gasteiger partial charge in [0.25, 0.3) is 0 Å². The first kappa shape index (κ1) is 12.9. The molecule has 0 atom stereocenters. The molecule has 0 aliphatic rings. The summed E-state index contributed by atoms with van der Waals surface area (Å²) in [4.78, 5) is 3.41. The van der Waals surface area contributed by atoms with Gasteiger partial charge in [-0.3, -0.25) is 0 Å². The van der Waals surface area contributed by atoms with Crippen LogP contribution in [0.3, 0.4) is 0 Å². The summed E-state index contributed by atoms with van der Waals surface area (Å²) in [7, 11) is 1.67. The maximum atomic E-state index is 5.77. The van der Waals surface area contributed by atoms with Crippen molar-refractivity contribution >= 4 is 28.4 Å². The van der Waals surface area contributed by atoms with E-state index in [0.717, 1.165) is 27.8 Å². The van der Waals surface area contributed by atoms with E-state index in [1.165, 1.54) is 10.9 Å². The number of H-pyrrole nitrogens is 1. The summed E-state index contributed by atoms with van der Waals surface area (Å²) < 4.78 is 5.37. The quantitative estimate of drug-likeness (QED) is 0.561. The fraction of sp³-hybridized carbons (Fsp3) is 0.125. The number of anilines is 1. The summed E-state index contributed by atoms with van der Waals surface area (Å²) in [6.07, 6.45) is 0. The number of nitrogen functional groups attached to an aromatic ring is 1. The number of para-hydroxylation sites is 1. The molecule has 0 saturated carbocycles. The van der Waals surface area contributed by atoms with E-state index >= 15 is 0 Å². The molecule has 20 heavy (non-hydrogen) atoms. The van der Waals surface area contributed by atoms with Gasteiger partial charge in [0.15, 0.2) is 0 Å². The molecular formula is C16H16N2OS. The number of nitrogens with one attached hydrogen (secondary N) is 1. The fourth-order valence-electron chi connectivity index (χ4n) is 2.16. The Hall–Kier alpha value is -2.07. The second kappa shape index (κ2) is 5.51. The molecule has 3 N–H and O–H groups in total. The van der Waals surface area contributed by atoms with Gasteiger partial charge in [-0.15, -0.1) is 11.8 Å². The molecule has 3 aromatic rings. The highest BCUT2D eigenvalue weighted by Gasteiger charge is 2.06. The number of methoxy groups -OCH3 is 1. The lowest BCUT2D eigenvalue weighted by molar-refractivity contribution is 0.411. The van der Waals surface area contributed by atoms with Crippen LogP contribution in [-0.4, -0.2) is 12.1 Å². The summed E-state index contributed by atoms with van der Waals surface area (Å²) in [5, 5.41) is 2.39. The zero-order valence-electron chi connectivity index (χ0n) is 11.2. The van der Waals surface area contributed by atoms with Crippen molar-refractivity contribution in [3.63, 3.8) is 0 Å². The largest absolute Gasteiger partial charge is 0.496 e. The van der Waals surface area contributed by atoms with Crippen molar-refractivity contribution in [3.05, 3.63) is 54.1 Å². The Morgan fingerprint density at radius 1 is 1.15 bits per heavy atom. The number of aromatic amines is 1. The summed E-state index contributed by atoms with van der Waals surface area (Å²) in [5.41, 5.74) is 8.80. The molecule has 3 rings (SSSR count). The van der Waals surface area contributed by atoms with Crippen LogP contribution in [0.2, 0.25) is 0 Å². The average molecular weight is 284 g/mol. The van der Waals surface area contributed by atoms with Crippen LogP contribution < -0.4 is 10.5 Å². The zero-order chi connectivity index (χ0) is 13.9. The van der Waals surface area contributed by atoms with E-state index in [-0.39, 0.29) is 0 Å². The van der Waals surface area contributed by atoms with Gasteiger partial charge >= 0.3 is 0 Å². The second-order valence-corrected chi connectivity index (χ2v) is 5.60. The van der Waals surface area contributed by atoms with Crippen LogP contribution >= 0.6 is 11.8 Å². The van der Waals surface area contributed by atoms with Crippen LogP contribution in [0, 0.1) is 0 Å². The number of benzene rings is 2. The summed E-state index contributed by atoms with van der Waals surface area (Å²) in [5.74, 6) is 1.68. The van der Waals surface area contributed by atoms with Crippen LogP contribution in [-0.2, 0) is 5.75 Å². The van der Waals surface area contributed by atoms with Crippen LogP contribution in [0.25, 0.3) is 10.9 Å². The highest BCUT2D eigenvalue weighted by molar-refractivity contribution is 7.98. The third kappa shape index (κ3) is 2.60. The number of hydrogen-bond acceptors (Lipinski definition) is 3. The molecule has 0 bridgehead atoms. The Labute approximate surface area is 122 Å². The Balaban J connectivity index is 1.79. The SMILES string of the molecule is COc1cc(N)ccc1CSc1cc2ccccc2[nH]1. The zero-order valence-corrected chi connectivity index (χ0v) is 12.0. The van der Waals surface area contributed by atoms with E-state index in [9.17, 15) is 0 Å². The molecule has 1 heterocycles. The van der Waals surface area contributed by atoms with Crippen LogP contribution in [0.1, 0.15) is 5.56 Å². The maximum Gasteiger partial charge on any atom is 0.124 e. The normalized spacial score (nSPS) is 10.8. The third-order valence-electron chi connectivity index (χ3n) is 3.20. The van der Waals surface area contributed by atoms with Crippen molar-refractivity contribution < 1.29 is 4.74 Å². The molecule has 3 nitrogen and oxygen atoms in total. The number of rotatable bonds is 4. The summed E-state index contributed by atoms with van der Waals surface area (Å²) in [6, 6.07) is 16.2. The molecule has 0 saturated heterocycles. The van der Waals surface area contributed by atoms with Crippen molar-refractivity contribution in [3.8, 4) is 5.75 Å². The Morgan fingerprint density at radius 3 is 2.80 bits per heavy atom. The molecule has 0 aliphatic heterocycles. The summed E-state index contributed by atoms with van der Waals surface area (Å²) in [6.45, 7) is 0. The van der Waals surface area contributed by atoms with E-state index in [2.05, 4.69) is 23.2 Å². The van der Waals surface area contributed by atoms with Crippen molar-refractivity contribution in [2.45, 2.75) is 10.8 Å². The minimum Gasteiger partial charge on any atom is -0.496 e. The minimum atomic E-state index is 0.723. The number of hydrogen-bond donors (Lipinski definition) is 2. The van der Waals surface area contributed by atoms with Crippen molar-refractivity contribution in [2.75, 3.05) is 12.8 Å². The van der Waals surface area contributed by atoms with Gasteiger partial charge in [-0.05, 0) is 18.2 Å². The van der Waals surface area contributed by atoms with E-state index in [1.54, 1.807) is 18.9 Å². The number of fused-ring (bicyclic) bond motifs is 1. The van der Waals surface area contributed by atoms with Gasteiger partial charge in [0.2, 0.25) is 0 Å². The van der Waals surface area contributed by atoms with Gasteiger partial charge in [0.1, 0.15) is 5.75 Å². The number of thioether (sulfide) groups is 1. The number of ether oxygens (including phenoxy) is 1. The van der Waals surface area contributed by atoms with Gasteiger partial charge in [-0.2, -0.15) is 0 Å². The molecule has 0 radical (unpaired) electrons. The smallest absolute Gasteiger partial charge is 0.124 e. The van der Waals surface area contributed by atoms with Crippen LogP contribution in [0.5, 0.6) is 5.75 Å². The number of nitrogens with two attached hydrogens (primary N) is 1. The van der Waals surface area contributed by atoms with Crippen molar-refractivity contribution in [1.29, 1.82) is 0 Å². The van der Waals surface area contributed by atoms with Crippen molar-refractivity contribution in [1.82, 2.24) is 4.98 Å². The molecule has 0 unspecified atom stereocenters. The standard InChI is InChI=1S/C16H16N2OS/c1-19-15-9-13(17)7-6-12(15)10-20-16-8-11-4-2-3-5-14(11)18-16/h2-9,18H,10,17H2,1H3. The van der Waals surface area contributed by atoms with Gasteiger partial charge < -0.3 is 15.5 Å². The fourth-order valence-corrected chi connectivity index (χ4v) is 3.10. The first-order valence-corrected chi connectivity index (χ1v) is 7.38. The lowest BCUT2D eigenvalue weighted by Gasteiger charge is -2.08. The highest BCUT2D eigenvalue weighted by atomic mass is 32.2. The van der Waals surface area contributed by atoms with E-state index < -0.39 is 0 Å². The Morgan fingerprint density at radius 2 is 2.00 bits per heavy atom. The minimum absolute atomic E-state index is 0.723. The van der Waals surface area contributed by atoms with Gasteiger partial charge in [-0.25, -0.2) is 0 Å². The average Bonchev–Trinajstić information content (AvgIpc) is 2.88. The molecular weight excluding hydrogens is 268 g/mol. The molecule has 0 spiro atoms. The monoisotopic (exact) mass is 284 g/mol. The lowest BCUT2D eigenvalue weighted by Crippen LogP contribution is -1.93. The Kier molecular flexibility index (Phi) is 3.56. The second-order valence-electron chi connectivity index (χ2n) is 4.58. The molecule has 0 aliphatic carbocycles. The maximum absolute atomic E-state index is 5.77. The van der Waals surface area contributed by atoms with E-state index in [1.807, 2.05) is 30.3 Å². The molecule has 102 valence electrons. The third-order valence-corrected chi connectivity index (χ3v) is 4.19. The van der Waals surface area contributed by atoms with E-state index in [4.69, 9.17) is 10.5 Å². The number of aromatic nitrogens is 1. The topological polar surface area (TPSA) is 51.0 Å². The van der Waals surface area contributed by atoms with Gasteiger partial charge in [0, 0.05) is 34.0 Å². The van der Waals surface area contributed by atoms with Crippen molar-refractivity contribution in [2.24, 2.45) is 0 Å². The van der Waals surface area contributed by atoms with Crippen LogP contribution in [0.15, 0.2) is 53.6 Å². The first-order chi connectivity index (χ1) is 9.76. The lowest BCUT2D eigenvalue weighted by atomic mass is 10.2. The first-order valence-electron chi connectivity index (χ1n) is 6.39. The predicted molar refractivity (Wildman–Crippen MR) is 85.3 cm³/mol. The molecule has 0 fully saturated rings. The van der Waals surface area contributed by atoms with E-state index in [0.29, 0.717) is 0 Å². The highest BCUT2D eigenvalue weighted by Crippen LogP contribution is 2.30.